The van der Waals surface area contributed by atoms with Crippen LogP contribution in [0.3, 0.4) is 0 Å². The van der Waals surface area contributed by atoms with Crippen LogP contribution in [0.4, 0.5) is 0 Å². The Morgan fingerprint density at radius 2 is 1.94 bits per heavy atom. The fraction of sp³-hybridized carbons (Fsp3) is 0.933. The smallest absolute Gasteiger partial charge is 0.229 e. The number of hydrogen-bond donors (Lipinski definition) is 1. The summed E-state index contributed by atoms with van der Waals surface area (Å²) in [5.41, 5.74) is -0.0722. The first-order valence-electron chi connectivity index (χ1n) is 7.68. The Labute approximate surface area is 111 Å². The van der Waals surface area contributed by atoms with Gasteiger partial charge in [-0.15, -0.1) is 0 Å². The van der Waals surface area contributed by atoms with Crippen molar-refractivity contribution < 1.29 is 4.79 Å². The summed E-state index contributed by atoms with van der Waals surface area (Å²) in [5, 5.41) is 3.38. The molecule has 2 fully saturated rings. The highest BCUT2D eigenvalue weighted by molar-refractivity contribution is 5.83. The Hall–Kier alpha value is -0.570. The van der Waals surface area contributed by atoms with Gasteiger partial charge in [-0.25, -0.2) is 0 Å². The molecule has 2 aliphatic rings. The zero-order chi connectivity index (χ0) is 13.2. The fourth-order valence-corrected chi connectivity index (χ4v) is 3.74. The average Bonchev–Trinajstić information content (AvgIpc) is 2.79. The number of piperidine rings is 1. The Morgan fingerprint density at radius 3 is 2.50 bits per heavy atom. The lowest BCUT2D eigenvalue weighted by molar-refractivity contribution is -0.147. The van der Waals surface area contributed by atoms with Gasteiger partial charge in [-0.05, 0) is 58.5 Å². The van der Waals surface area contributed by atoms with Crippen LogP contribution in [0.15, 0.2) is 0 Å². The van der Waals surface area contributed by atoms with Gasteiger partial charge in [0.2, 0.25) is 5.91 Å². The zero-order valence-corrected chi connectivity index (χ0v) is 12.2. The molecule has 0 aromatic heterocycles. The standard InChI is InChI=1S/C15H28N2O/c1-4-13-7-6-12(3)17(13)14(18)15(5-2)8-10-16-11-9-15/h12-13,16H,4-11H2,1-3H3. The number of hydrogen-bond acceptors (Lipinski definition) is 2. The monoisotopic (exact) mass is 252 g/mol. The van der Waals surface area contributed by atoms with Gasteiger partial charge in [0.15, 0.2) is 0 Å². The Kier molecular flexibility index (Phi) is 4.31. The number of carbonyl (C=O) groups is 1. The molecule has 1 amide bonds. The van der Waals surface area contributed by atoms with Crippen molar-refractivity contribution >= 4 is 5.91 Å². The largest absolute Gasteiger partial charge is 0.337 e. The van der Waals surface area contributed by atoms with E-state index in [-0.39, 0.29) is 5.41 Å². The molecule has 0 bridgehead atoms. The SMILES string of the molecule is CCC1CCC(C)N1C(=O)C1(CC)CCNCC1. The summed E-state index contributed by atoms with van der Waals surface area (Å²) in [4.78, 5) is 15.3. The van der Waals surface area contributed by atoms with E-state index in [4.69, 9.17) is 0 Å². The third-order valence-corrected chi connectivity index (χ3v) is 5.18. The molecule has 0 aliphatic carbocycles. The van der Waals surface area contributed by atoms with Gasteiger partial charge in [0.25, 0.3) is 0 Å². The van der Waals surface area contributed by atoms with E-state index < -0.39 is 0 Å². The predicted molar refractivity (Wildman–Crippen MR) is 74.4 cm³/mol. The molecule has 0 aromatic rings. The second-order valence-electron chi connectivity index (χ2n) is 6.08. The maximum Gasteiger partial charge on any atom is 0.229 e. The minimum atomic E-state index is -0.0722. The first kappa shape index (κ1) is 13.9. The van der Waals surface area contributed by atoms with Gasteiger partial charge in [-0.3, -0.25) is 4.79 Å². The van der Waals surface area contributed by atoms with Crippen molar-refractivity contribution in [1.29, 1.82) is 0 Å². The van der Waals surface area contributed by atoms with E-state index in [1.165, 1.54) is 12.8 Å². The number of amides is 1. The Bertz CT molecular complexity index is 297. The average molecular weight is 252 g/mol. The summed E-state index contributed by atoms with van der Waals surface area (Å²) in [6.45, 7) is 8.62. The Balaban J connectivity index is 2.17. The lowest BCUT2D eigenvalue weighted by atomic mass is 9.75. The molecule has 0 saturated carbocycles. The minimum Gasteiger partial charge on any atom is -0.337 e. The number of likely N-dealkylation sites (tertiary alicyclic amines) is 1. The summed E-state index contributed by atoms with van der Waals surface area (Å²) in [5.74, 6) is 0.448. The van der Waals surface area contributed by atoms with Crippen molar-refractivity contribution in [2.24, 2.45) is 5.41 Å². The van der Waals surface area contributed by atoms with Crippen LogP contribution in [-0.4, -0.2) is 36.0 Å². The topological polar surface area (TPSA) is 32.3 Å². The van der Waals surface area contributed by atoms with Crippen LogP contribution in [-0.2, 0) is 4.79 Å². The minimum absolute atomic E-state index is 0.0722. The van der Waals surface area contributed by atoms with Gasteiger partial charge in [-0.1, -0.05) is 13.8 Å². The third kappa shape index (κ3) is 2.29. The van der Waals surface area contributed by atoms with E-state index in [0.29, 0.717) is 18.0 Å². The lowest BCUT2D eigenvalue weighted by Crippen LogP contribution is -2.52. The van der Waals surface area contributed by atoms with E-state index in [9.17, 15) is 4.79 Å². The van der Waals surface area contributed by atoms with E-state index >= 15 is 0 Å². The maximum absolute atomic E-state index is 13.0. The van der Waals surface area contributed by atoms with Gasteiger partial charge in [-0.2, -0.15) is 0 Å². The molecule has 18 heavy (non-hydrogen) atoms. The van der Waals surface area contributed by atoms with Crippen LogP contribution in [0.1, 0.15) is 59.3 Å². The van der Waals surface area contributed by atoms with Gasteiger partial charge < -0.3 is 10.2 Å². The second-order valence-corrected chi connectivity index (χ2v) is 6.08. The van der Waals surface area contributed by atoms with Gasteiger partial charge >= 0.3 is 0 Å². The van der Waals surface area contributed by atoms with E-state index in [2.05, 4.69) is 31.0 Å². The molecule has 104 valence electrons. The molecule has 2 atom stereocenters. The van der Waals surface area contributed by atoms with Gasteiger partial charge in [0, 0.05) is 12.1 Å². The highest BCUT2D eigenvalue weighted by Gasteiger charge is 2.45. The summed E-state index contributed by atoms with van der Waals surface area (Å²) >= 11 is 0. The van der Waals surface area contributed by atoms with Crippen molar-refractivity contribution in [3.8, 4) is 0 Å². The predicted octanol–water partition coefficient (Wildman–Crippen LogP) is 2.56. The summed E-state index contributed by atoms with van der Waals surface area (Å²) < 4.78 is 0. The highest BCUT2D eigenvalue weighted by atomic mass is 16.2. The van der Waals surface area contributed by atoms with Gasteiger partial charge in [0.1, 0.15) is 0 Å². The molecule has 1 N–H and O–H groups in total. The molecule has 3 nitrogen and oxygen atoms in total. The molecule has 2 rings (SSSR count). The number of nitrogens with zero attached hydrogens (tertiary/aromatic N) is 1. The highest BCUT2D eigenvalue weighted by Crippen LogP contribution is 2.39. The van der Waals surface area contributed by atoms with Crippen LogP contribution < -0.4 is 5.32 Å². The quantitative estimate of drug-likeness (QED) is 0.837. The molecule has 2 unspecified atom stereocenters. The van der Waals surface area contributed by atoms with Crippen LogP contribution in [0.25, 0.3) is 0 Å². The summed E-state index contributed by atoms with van der Waals surface area (Å²) in [6.07, 6.45) is 6.51. The van der Waals surface area contributed by atoms with Crippen LogP contribution >= 0.6 is 0 Å². The summed E-state index contributed by atoms with van der Waals surface area (Å²) in [6, 6.07) is 0.937. The van der Waals surface area contributed by atoms with Crippen LogP contribution in [0.5, 0.6) is 0 Å². The molecule has 2 aliphatic heterocycles. The van der Waals surface area contributed by atoms with Gasteiger partial charge in [0.05, 0.1) is 5.41 Å². The Morgan fingerprint density at radius 1 is 1.28 bits per heavy atom. The van der Waals surface area contributed by atoms with Crippen molar-refractivity contribution in [2.45, 2.75) is 71.4 Å². The zero-order valence-electron chi connectivity index (χ0n) is 12.2. The number of carbonyl (C=O) groups excluding carboxylic acids is 1. The molecular weight excluding hydrogens is 224 g/mol. The normalized spacial score (nSPS) is 31.6. The molecule has 2 saturated heterocycles. The van der Waals surface area contributed by atoms with Crippen LogP contribution in [0.2, 0.25) is 0 Å². The third-order valence-electron chi connectivity index (χ3n) is 5.18. The molecule has 0 aromatic carbocycles. The van der Waals surface area contributed by atoms with Crippen molar-refractivity contribution in [3.63, 3.8) is 0 Å². The number of nitrogens with one attached hydrogen (secondary N) is 1. The van der Waals surface area contributed by atoms with Crippen molar-refractivity contribution in [2.75, 3.05) is 13.1 Å². The summed E-state index contributed by atoms with van der Waals surface area (Å²) in [7, 11) is 0. The molecule has 2 heterocycles. The van der Waals surface area contributed by atoms with Crippen LogP contribution in [0, 0.1) is 5.41 Å². The van der Waals surface area contributed by atoms with E-state index in [0.717, 1.165) is 38.8 Å². The molecule has 0 radical (unpaired) electrons. The molecule has 0 spiro atoms. The van der Waals surface area contributed by atoms with Crippen molar-refractivity contribution in [3.05, 3.63) is 0 Å². The van der Waals surface area contributed by atoms with E-state index in [1.54, 1.807) is 0 Å². The first-order valence-corrected chi connectivity index (χ1v) is 7.68. The fourth-order valence-electron chi connectivity index (χ4n) is 3.74. The molecule has 3 heteroatoms. The second kappa shape index (κ2) is 5.60. The van der Waals surface area contributed by atoms with E-state index in [1.807, 2.05) is 0 Å². The number of rotatable bonds is 3. The first-order chi connectivity index (χ1) is 8.64. The molecular formula is C15H28N2O. The maximum atomic E-state index is 13.0. The lowest BCUT2D eigenvalue weighted by Gasteiger charge is -2.41. The van der Waals surface area contributed by atoms with Crippen molar-refractivity contribution in [1.82, 2.24) is 10.2 Å².